The predicted molar refractivity (Wildman–Crippen MR) is 72.2 cm³/mol. The van der Waals surface area contributed by atoms with Crippen molar-refractivity contribution >= 4 is 0 Å². The van der Waals surface area contributed by atoms with E-state index in [0.717, 1.165) is 47.3 Å². The topological polar surface area (TPSA) is 40.5 Å². The van der Waals surface area contributed by atoms with Crippen molar-refractivity contribution < 1.29 is 10.2 Å². The molecule has 0 aromatic carbocycles. The van der Waals surface area contributed by atoms with Crippen LogP contribution in [0.4, 0.5) is 0 Å². The number of aliphatic hydroxyl groups excluding tert-OH is 2. The van der Waals surface area contributed by atoms with Gasteiger partial charge >= 0.3 is 0 Å². The number of hydrogen-bond donors (Lipinski definition) is 2. The Morgan fingerprint density at radius 3 is 1.47 bits per heavy atom. The standard InChI is InChI=1S/C17H26O2/c18-6-10-1-8-3-12(10)14-5-15-13-4-9(2-11(13)7-19)17(15)16(8)14/h8-19H,1-7H2. The van der Waals surface area contributed by atoms with Gasteiger partial charge in [-0.05, 0) is 91.3 Å². The molecule has 5 fully saturated rings. The minimum Gasteiger partial charge on any atom is -0.396 e. The highest BCUT2D eigenvalue weighted by atomic mass is 16.3. The van der Waals surface area contributed by atoms with E-state index in [4.69, 9.17) is 0 Å². The molecule has 106 valence electrons. The minimum absolute atomic E-state index is 0.436. The Morgan fingerprint density at radius 2 is 1.05 bits per heavy atom. The van der Waals surface area contributed by atoms with Gasteiger partial charge in [-0.1, -0.05) is 0 Å². The Bertz CT molecular complexity index is 355. The van der Waals surface area contributed by atoms with Crippen LogP contribution in [0.3, 0.4) is 0 Å². The smallest absolute Gasteiger partial charge is 0.0462 e. The lowest BCUT2D eigenvalue weighted by atomic mass is 9.69. The third-order valence-corrected chi connectivity index (χ3v) is 8.21. The molecule has 10 atom stereocenters. The molecule has 19 heavy (non-hydrogen) atoms. The third kappa shape index (κ3) is 1.26. The van der Waals surface area contributed by atoms with Gasteiger partial charge in [-0.25, -0.2) is 0 Å². The summed E-state index contributed by atoms with van der Waals surface area (Å²) >= 11 is 0. The van der Waals surface area contributed by atoms with Crippen molar-refractivity contribution in [3.63, 3.8) is 0 Å². The van der Waals surface area contributed by atoms with Gasteiger partial charge in [-0.3, -0.25) is 0 Å². The zero-order valence-electron chi connectivity index (χ0n) is 11.6. The van der Waals surface area contributed by atoms with Crippen LogP contribution in [0.25, 0.3) is 0 Å². The molecule has 2 heteroatoms. The lowest BCUT2D eigenvalue weighted by Gasteiger charge is -2.36. The van der Waals surface area contributed by atoms with Crippen molar-refractivity contribution in [2.24, 2.45) is 59.2 Å². The Hall–Kier alpha value is -0.0800. The molecule has 2 nitrogen and oxygen atoms in total. The molecule has 0 aromatic heterocycles. The van der Waals surface area contributed by atoms with Gasteiger partial charge < -0.3 is 10.2 Å². The first-order chi connectivity index (χ1) is 9.31. The van der Waals surface area contributed by atoms with Crippen molar-refractivity contribution in [3.05, 3.63) is 0 Å². The maximum Gasteiger partial charge on any atom is 0.0462 e. The van der Waals surface area contributed by atoms with Crippen LogP contribution < -0.4 is 0 Å². The van der Waals surface area contributed by atoms with Gasteiger partial charge in [0.2, 0.25) is 0 Å². The van der Waals surface area contributed by atoms with Crippen LogP contribution in [0.1, 0.15) is 32.1 Å². The van der Waals surface area contributed by atoms with Crippen molar-refractivity contribution in [2.75, 3.05) is 13.2 Å². The largest absolute Gasteiger partial charge is 0.396 e. The second-order valence-electron chi connectivity index (χ2n) is 8.39. The molecule has 0 spiro atoms. The zero-order chi connectivity index (χ0) is 12.7. The van der Waals surface area contributed by atoms with E-state index in [0.29, 0.717) is 25.0 Å². The molecule has 0 aromatic rings. The maximum atomic E-state index is 9.57. The van der Waals surface area contributed by atoms with Crippen molar-refractivity contribution in [1.82, 2.24) is 0 Å². The van der Waals surface area contributed by atoms with Gasteiger partial charge in [-0.15, -0.1) is 0 Å². The predicted octanol–water partition coefficient (Wildman–Crippen LogP) is 2.15. The first kappa shape index (κ1) is 11.6. The molecule has 0 saturated heterocycles. The summed E-state index contributed by atoms with van der Waals surface area (Å²) < 4.78 is 0. The minimum atomic E-state index is 0.436. The Morgan fingerprint density at radius 1 is 0.579 bits per heavy atom. The van der Waals surface area contributed by atoms with E-state index in [2.05, 4.69) is 0 Å². The Labute approximate surface area is 115 Å². The highest BCUT2D eigenvalue weighted by Crippen LogP contribution is 2.72. The highest BCUT2D eigenvalue weighted by Gasteiger charge is 2.66. The number of hydrogen-bond acceptors (Lipinski definition) is 2. The van der Waals surface area contributed by atoms with E-state index in [1.807, 2.05) is 0 Å². The van der Waals surface area contributed by atoms with Crippen molar-refractivity contribution in [2.45, 2.75) is 32.1 Å². The fourth-order valence-corrected chi connectivity index (χ4v) is 7.95. The Kier molecular flexibility index (Phi) is 2.29. The average molecular weight is 262 g/mol. The Balaban J connectivity index is 1.44. The van der Waals surface area contributed by atoms with Crippen LogP contribution >= 0.6 is 0 Å². The summed E-state index contributed by atoms with van der Waals surface area (Å²) in [5, 5.41) is 19.1. The average Bonchev–Trinajstić information content (AvgIpc) is 3.17. The van der Waals surface area contributed by atoms with Gasteiger partial charge in [0.05, 0.1) is 0 Å². The lowest BCUT2D eigenvalue weighted by molar-refractivity contribution is 0.0792. The van der Waals surface area contributed by atoms with Gasteiger partial charge in [0.25, 0.3) is 0 Å². The lowest BCUT2D eigenvalue weighted by Crippen LogP contribution is -2.33. The molecule has 2 N–H and O–H groups in total. The summed E-state index contributed by atoms with van der Waals surface area (Å²) in [7, 11) is 0. The summed E-state index contributed by atoms with van der Waals surface area (Å²) in [6, 6.07) is 0. The fourth-order valence-electron chi connectivity index (χ4n) is 7.95. The maximum absolute atomic E-state index is 9.57. The summed E-state index contributed by atoms with van der Waals surface area (Å²) in [4.78, 5) is 0. The van der Waals surface area contributed by atoms with Crippen LogP contribution in [-0.4, -0.2) is 23.4 Å². The van der Waals surface area contributed by atoms with Crippen LogP contribution in [0.15, 0.2) is 0 Å². The third-order valence-electron chi connectivity index (χ3n) is 8.21. The molecule has 10 unspecified atom stereocenters. The van der Waals surface area contributed by atoms with Gasteiger partial charge in [0, 0.05) is 13.2 Å². The van der Waals surface area contributed by atoms with Crippen molar-refractivity contribution in [1.29, 1.82) is 0 Å². The summed E-state index contributed by atoms with van der Waals surface area (Å²) in [6.45, 7) is 0.873. The molecule has 0 heterocycles. The molecule has 0 radical (unpaired) electrons. The SMILES string of the molecule is OCC1CC2CC1C1CC3C4CC(CC4CO)C3C21. The summed E-state index contributed by atoms with van der Waals surface area (Å²) in [5.41, 5.74) is 0. The number of rotatable bonds is 2. The van der Waals surface area contributed by atoms with Crippen LogP contribution in [-0.2, 0) is 0 Å². The molecular weight excluding hydrogens is 236 g/mol. The van der Waals surface area contributed by atoms with Crippen LogP contribution in [0.2, 0.25) is 0 Å². The normalized spacial score (nSPS) is 64.7. The first-order valence-corrected chi connectivity index (χ1v) is 8.53. The molecule has 4 bridgehead atoms. The highest BCUT2D eigenvalue weighted by molar-refractivity contribution is 5.14. The fraction of sp³-hybridized carbons (Fsp3) is 1.00. The molecule has 5 aliphatic carbocycles. The first-order valence-electron chi connectivity index (χ1n) is 8.53. The van der Waals surface area contributed by atoms with E-state index in [1.165, 1.54) is 32.1 Å². The van der Waals surface area contributed by atoms with E-state index < -0.39 is 0 Å². The van der Waals surface area contributed by atoms with Crippen LogP contribution in [0, 0.1) is 59.2 Å². The quantitative estimate of drug-likeness (QED) is 0.800. The second-order valence-corrected chi connectivity index (χ2v) is 8.39. The van der Waals surface area contributed by atoms with E-state index in [9.17, 15) is 10.2 Å². The monoisotopic (exact) mass is 262 g/mol. The zero-order valence-corrected chi connectivity index (χ0v) is 11.6. The second kappa shape index (κ2) is 3.76. The van der Waals surface area contributed by atoms with Crippen LogP contribution in [0.5, 0.6) is 0 Å². The van der Waals surface area contributed by atoms with E-state index in [-0.39, 0.29) is 0 Å². The molecule has 0 aliphatic heterocycles. The molecule has 5 saturated carbocycles. The van der Waals surface area contributed by atoms with Crippen molar-refractivity contribution in [3.8, 4) is 0 Å². The van der Waals surface area contributed by atoms with Gasteiger partial charge in [0.1, 0.15) is 0 Å². The van der Waals surface area contributed by atoms with E-state index in [1.54, 1.807) is 0 Å². The van der Waals surface area contributed by atoms with E-state index >= 15 is 0 Å². The summed E-state index contributed by atoms with van der Waals surface area (Å²) in [5.74, 6) is 8.84. The molecule has 5 rings (SSSR count). The number of fused-ring (bicyclic) bond motifs is 11. The molecular formula is C17H26O2. The van der Waals surface area contributed by atoms with Gasteiger partial charge in [-0.2, -0.15) is 0 Å². The van der Waals surface area contributed by atoms with Gasteiger partial charge in [0.15, 0.2) is 0 Å². The molecule has 5 aliphatic rings. The summed E-state index contributed by atoms with van der Waals surface area (Å²) in [6.07, 6.45) is 6.97. The molecule has 0 amide bonds. The number of aliphatic hydroxyl groups is 2.